The number of carbonyl (C=O) groups is 2. The Morgan fingerprint density at radius 2 is 1.57 bits per heavy atom. The van der Waals surface area contributed by atoms with E-state index in [2.05, 4.69) is 41.9 Å². The van der Waals surface area contributed by atoms with Gasteiger partial charge < -0.3 is 16.0 Å². The molecule has 148 valence electrons. The van der Waals surface area contributed by atoms with Crippen LogP contribution in [0.3, 0.4) is 0 Å². The predicted octanol–water partition coefficient (Wildman–Crippen LogP) is 4.46. The Morgan fingerprint density at radius 1 is 0.964 bits per heavy atom. The summed E-state index contributed by atoms with van der Waals surface area (Å²) in [5, 5.41) is 8.62. The van der Waals surface area contributed by atoms with Crippen LogP contribution in [0.5, 0.6) is 0 Å². The fourth-order valence-electron chi connectivity index (χ4n) is 2.83. The lowest BCUT2D eigenvalue weighted by atomic mass is 9.96. The van der Waals surface area contributed by atoms with Crippen molar-refractivity contribution < 1.29 is 9.59 Å². The second-order valence-electron chi connectivity index (χ2n) is 7.27. The van der Waals surface area contributed by atoms with Crippen molar-refractivity contribution in [3.63, 3.8) is 0 Å². The molecule has 0 saturated carbocycles. The third-order valence-corrected chi connectivity index (χ3v) is 4.40. The average Bonchev–Trinajstić information content (AvgIpc) is 2.60. The van der Waals surface area contributed by atoms with Crippen LogP contribution < -0.4 is 16.0 Å². The van der Waals surface area contributed by atoms with Gasteiger partial charge >= 0.3 is 0 Å². The summed E-state index contributed by atoms with van der Waals surface area (Å²) in [6, 6.07) is 15.3. The first kappa shape index (κ1) is 21.6. The van der Waals surface area contributed by atoms with Gasteiger partial charge in [0.1, 0.15) is 0 Å². The van der Waals surface area contributed by atoms with Gasteiger partial charge in [-0.15, -0.1) is 0 Å². The SMILES string of the molecule is CC(=O)Nc1cccc(NC(=S)NC(=O)C(C)c2ccc(CC(C)C)cc2)c1. The van der Waals surface area contributed by atoms with Crippen LogP contribution in [0.4, 0.5) is 11.4 Å². The Hall–Kier alpha value is -2.73. The van der Waals surface area contributed by atoms with Gasteiger partial charge in [-0.3, -0.25) is 9.59 Å². The summed E-state index contributed by atoms with van der Waals surface area (Å²) in [4.78, 5) is 23.7. The van der Waals surface area contributed by atoms with E-state index in [4.69, 9.17) is 12.2 Å². The van der Waals surface area contributed by atoms with Crippen molar-refractivity contribution in [2.45, 2.75) is 40.0 Å². The second kappa shape index (κ2) is 9.99. The van der Waals surface area contributed by atoms with Gasteiger partial charge in [0.15, 0.2) is 5.11 Å². The van der Waals surface area contributed by atoms with Gasteiger partial charge in [-0.05, 0) is 60.8 Å². The van der Waals surface area contributed by atoms with Crippen molar-refractivity contribution in [2.24, 2.45) is 5.92 Å². The van der Waals surface area contributed by atoms with Crippen LogP contribution in [-0.2, 0) is 16.0 Å². The third kappa shape index (κ3) is 6.78. The molecular weight excluding hydrogens is 370 g/mol. The normalized spacial score (nSPS) is 11.6. The lowest BCUT2D eigenvalue weighted by Crippen LogP contribution is -2.36. The zero-order chi connectivity index (χ0) is 20.7. The summed E-state index contributed by atoms with van der Waals surface area (Å²) in [7, 11) is 0. The molecule has 2 aromatic carbocycles. The molecule has 0 aromatic heterocycles. The lowest BCUT2D eigenvalue weighted by molar-refractivity contribution is -0.120. The zero-order valence-corrected chi connectivity index (χ0v) is 17.5. The van der Waals surface area contributed by atoms with Crippen LogP contribution in [0.25, 0.3) is 0 Å². The molecule has 2 aromatic rings. The third-order valence-electron chi connectivity index (χ3n) is 4.19. The Labute approximate surface area is 171 Å². The zero-order valence-electron chi connectivity index (χ0n) is 16.7. The molecule has 0 aliphatic heterocycles. The van der Waals surface area contributed by atoms with Crippen molar-refractivity contribution in [3.05, 3.63) is 59.7 Å². The number of anilines is 2. The van der Waals surface area contributed by atoms with E-state index in [1.54, 1.807) is 24.3 Å². The molecule has 2 amide bonds. The Morgan fingerprint density at radius 3 is 2.14 bits per heavy atom. The molecule has 0 bridgehead atoms. The molecule has 0 saturated heterocycles. The fraction of sp³-hybridized carbons (Fsp3) is 0.318. The highest BCUT2D eigenvalue weighted by Crippen LogP contribution is 2.18. The number of hydrogen-bond donors (Lipinski definition) is 3. The van der Waals surface area contributed by atoms with Gasteiger partial charge in [0, 0.05) is 18.3 Å². The number of nitrogens with one attached hydrogen (secondary N) is 3. The van der Waals surface area contributed by atoms with E-state index in [1.165, 1.54) is 12.5 Å². The van der Waals surface area contributed by atoms with E-state index in [1.807, 2.05) is 19.1 Å². The van der Waals surface area contributed by atoms with Crippen LogP contribution in [-0.4, -0.2) is 16.9 Å². The number of amides is 2. The van der Waals surface area contributed by atoms with E-state index in [-0.39, 0.29) is 22.8 Å². The van der Waals surface area contributed by atoms with Gasteiger partial charge in [-0.25, -0.2) is 0 Å². The van der Waals surface area contributed by atoms with E-state index >= 15 is 0 Å². The first-order chi connectivity index (χ1) is 13.2. The standard InChI is InChI=1S/C22H27N3O2S/c1-14(2)12-17-8-10-18(11-9-17)15(3)21(27)25-22(28)24-20-7-5-6-19(13-20)23-16(4)26/h5-11,13-15H,12H2,1-4H3,(H,23,26)(H2,24,25,27,28). The van der Waals surface area contributed by atoms with Crippen molar-refractivity contribution in [1.82, 2.24) is 5.32 Å². The average molecular weight is 398 g/mol. The molecule has 5 nitrogen and oxygen atoms in total. The van der Waals surface area contributed by atoms with Crippen LogP contribution in [0.2, 0.25) is 0 Å². The van der Waals surface area contributed by atoms with E-state index in [9.17, 15) is 9.59 Å². The molecular formula is C22H27N3O2S. The van der Waals surface area contributed by atoms with Crippen LogP contribution >= 0.6 is 12.2 Å². The first-order valence-corrected chi connectivity index (χ1v) is 9.73. The summed E-state index contributed by atoms with van der Waals surface area (Å²) in [5.41, 5.74) is 3.55. The van der Waals surface area contributed by atoms with Gasteiger partial charge in [-0.2, -0.15) is 0 Å². The Balaban J connectivity index is 1.94. The summed E-state index contributed by atoms with van der Waals surface area (Å²) < 4.78 is 0. The highest BCUT2D eigenvalue weighted by Gasteiger charge is 2.16. The Bertz CT molecular complexity index is 847. The quantitative estimate of drug-likeness (QED) is 0.630. The Kier molecular flexibility index (Phi) is 7.70. The predicted molar refractivity (Wildman–Crippen MR) is 119 cm³/mol. The number of rotatable bonds is 6. The molecule has 0 aliphatic carbocycles. The van der Waals surface area contributed by atoms with Gasteiger partial charge in [-0.1, -0.05) is 44.2 Å². The highest BCUT2D eigenvalue weighted by molar-refractivity contribution is 7.80. The van der Waals surface area contributed by atoms with Gasteiger partial charge in [0.25, 0.3) is 0 Å². The summed E-state index contributed by atoms with van der Waals surface area (Å²) in [6.45, 7) is 7.67. The molecule has 0 heterocycles. The first-order valence-electron chi connectivity index (χ1n) is 9.33. The lowest BCUT2D eigenvalue weighted by Gasteiger charge is -2.15. The summed E-state index contributed by atoms with van der Waals surface area (Å²) in [6.07, 6.45) is 1.02. The number of benzene rings is 2. The number of carbonyl (C=O) groups excluding carboxylic acids is 2. The van der Waals surface area contributed by atoms with E-state index < -0.39 is 0 Å². The minimum atomic E-state index is -0.321. The maximum absolute atomic E-state index is 12.5. The molecule has 6 heteroatoms. The van der Waals surface area contributed by atoms with Crippen molar-refractivity contribution in [3.8, 4) is 0 Å². The molecule has 1 atom stereocenters. The topological polar surface area (TPSA) is 70.2 Å². The van der Waals surface area contributed by atoms with E-state index in [0.29, 0.717) is 17.3 Å². The molecule has 0 aliphatic rings. The van der Waals surface area contributed by atoms with Crippen molar-refractivity contribution >= 4 is 40.5 Å². The molecule has 0 radical (unpaired) electrons. The van der Waals surface area contributed by atoms with Gasteiger partial charge in [0.05, 0.1) is 5.92 Å². The summed E-state index contributed by atoms with van der Waals surface area (Å²) in [5.74, 6) is -0.0499. The maximum Gasteiger partial charge on any atom is 0.233 e. The molecule has 1 unspecified atom stereocenters. The van der Waals surface area contributed by atoms with Gasteiger partial charge in [0.2, 0.25) is 11.8 Å². The fourth-order valence-corrected chi connectivity index (χ4v) is 3.04. The number of hydrogen-bond acceptors (Lipinski definition) is 3. The van der Waals surface area contributed by atoms with Crippen molar-refractivity contribution in [2.75, 3.05) is 10.6 Å². The molecule has 28 heavy (non-hydrogen) atoms. The van der Waals surface area contributed by atoms with E-state index in [0.717, 1.165) is 12.0 Å². The second-order valence-corrected chi connectivity index (χ2v) is 7.67. The largest absolute Gasteiger partial charge is 0.332 e. The highest BCUT2D eigenvalue weighted by atomic mass is 32.1. The molecule has 2 rings (SSSR count). The van der Waals surface area contributed by atoms with Crippen LogP contribution in [0.15, 0.2) is 48.5 Å². The molecule has 3 N–H and O–H groups in total. The van der Waals surface area contributed by atoms with Crippen LogP contribution in [0.1, 0.15) is 44.7 Å². The maximum atomic E-state index is 12.5. The molecule has 0 spiro atoms. The molecule has 0 fully saturated rings. The van der Waals surface area contributed by atoms with Crippen molar-refractivity contribution in [1.29, 1.82) is 0 Å². The minimum Gasteiger partial charge on any atom is -0.332 e. The smallest absolute Gasteiger partial charge is 0.233 e. The van der Waals surface area contributed by atoms with Crippen LogP contribution in [0, 0.1) is 5.92 Å². The summed E-state index contributed by atoms with van der Waals surface area (Å²) >= 11 is 5.25. The minimum absolute atomic E-state index is 0.152. The monoisotopic (exact) mass is 397 g/mol. The number of thiocarbonyl (C=S) groups is 1.